The highest BCUT2D eigenvalue weighted by Gasteiger charge is 2.06. The van der Waals surface area contributed by atoms with Crippen molar-refractivity contribution in [1.29, 1.82) is 0 Å². The van der Waals surface area contributed by atoms with Crippen LogP contribution < -0.4 is 11.3 Å². The molecule has 74 valence electrons. The van der Waals surface area contributed by atoms with Crippen LogP contribution in [0.4, 0.5) is 5.82 Å². The van der Waals surface area contributed by atoms with Crippen LogP contribution in [-0.4, -0.2) is 26.7 Å². The van der Waals surface area contributed by atoms with Crippen LogP contribution in [0.15, 0.2) is 10.9 Å². The van der Waals surface area contributed by atoms with Crippen LogP contribution in [0.5, 0.6) is 0 Å². The van der Waals surface area contributed by atoms with Crippen LogP contribution in [0.25, 0.3) is 5.78 Å². The van der Waals surface area contributed by atoms with Crippen molar-refractivity contribution >= 4 is 11.6 Å². The summed E-state index contributed by atoms with van der Waals surface area (Å²) < 4.78 is 6.21. The van der Waals surface area contributed by atoms with E-state index in [0.717, 1.165) is 0 Å². The maximum Gasteiger partial charge on any atom is 0.254 e. The molecule has 0 spiro atoms. The Morgan fingerprint density at radius 2 is 2.50 bits per heavy atom. The van der Waals surface area contributed by atoms with Crippen LogP contribution in [0.3, 0.4) is 0 Å². The second kappa shape index (κ2) is 3.11. The largest absolute Gasteiger partial charge is 0.383 e. The zero-order valence-electron chi connectivity index (χ0n) is 7.52. The normalized spacial score (nSPS) is 10.9. The number of nitrogens with zero attached hydrogens (tertiary/aromatic N) is 3. The van der Waals surface area contributed by atoms with Gasteiger partial charge in [0.05, 0.1) is 0 Å². The molecule has 14 heavy (non-hydrogen) atoms. The average molecular weight is 195 g/mol. The number of hydrogen-bond donors (Lipinski definition) is 2. The molecule has 7 heteroatoms. The molecule has 0 saturated heterocycles. The third kappa shape index (κ3) is 1.33. The summed E-state index contributed by atoms with van der Waals surface area (Å²) >= 11 is 0. The summed E-state index contributed by atoms with van der Waals surface area (Å²) in [5.41, 5.74) is 5.27. The second-order valence-corrected chi connectivity index (χ2v) is 2.75. The van der Waals surface area contributed by atoms with Gasteiger partial charge in [0.25, 0.3) is 5.56 Å². The van der Waals surface area contributed by atoms with E-state index in [1.165, 1.54) is 17.7 Å². The molecule has 2 rings (SSSR count). The molecule has 0 amide bonds. The van der Waals surface area contributed by atoms with Gasteiger partial charge in [-0.05, 0) is 0 Å². The van der Waals surface area contributed by atoms with Gasteiger partial charge in [-0.1, -0.05) is 0 Å². The molecule has 2 heterocycles. The summed E-state index contributed by atoms with van der Waals surface area (Å²) in [4.78, 5) is 17.5. The minimum Gasteiger partial charge on any atom is -0.383 e. The molecule has 0 aliphatic heterocycles. The minimum absolute atomic E-state index is 0.249. The smallest absolute Gasteiger partial charge is 0.254 e. The summed E-state index contributed by atoms with van der Waals surface area (Å²) in [5, 5.41) is 4.03. The van der Waals surface area contributed by atoms with Gasteiger partial charge in [-0.3, -0.25) is 9.78 Å². The molecule has 0 radical (unpaired) electrons. The van der Waals surface area contributed by atoms with E-state index in [0.29, 0.717) is 11.6 Å². The fraction of sp³-hybridized carbons (Fsp3) is 0.286. The Hall–Kier alpha value is -1.89. The molecule has 0 bridgehead atoms. The lowest BCUT2D eigenvalue weighted by Crippen LogP contribution is -2.11. The zero-order chi connectivity index (χ0) is 10.1. The summed E-state index contributed by atoms with van der Waals surface area (Å²) in [6.07, 6.45) is 0. The second-order valence-electron chi connectivity index (χ2n) is 2.75. The van der Waals surface area contributed by atoms with E-state index in [2.05, 4.69) is 15.1 Å². The summed E-state index contributed by atoms with van der Waals surface area (Å²) in [7, 11) is 1.54. The van der Waals surface area contributed by atoms with Crippen molar-refractivity contribution in [2.75, 3.05) is 12.8 Å². The maximum absolute atomic E-state index is 11.0. The first kappa shape index (κ1) is 8.70. The van der Waals surface area contributed by atoms with Crippen molar-refractivity contribution in [3.05, 3.63) is 22.2 Å². The number of aromatic amines is 1. The zero-order valence-corrected chi connectivity index (χ0v) is 7.52. The Kier molecular flexibility index (Phi) is 1.93. The molecular formula is C7H9N5O2. The van der Waals surface area contributed by atoms with Crippen molar-refractivity contribution in [2.45, 2.75) is 6.61 Å². The quantitative estimate of drug-likeness (QED) is 0.650. The first-order valence-corrected chi connectivity index (χ1v) is 3.94. The van der Waals surface area contributed by atoms with E-state index in [1.54, 1.807) is 0 Å². The van der Waals surface area contributed by atoms with Gasteiger partial charge in [-0.2, -0.15) is 9.50 Å². The van der Waals surface area contributed by atoms with Crippen molar-refractivity contribution in [3.63, 3.8) is 0 Å². The maximum atomic E-state index is 11.0. The number of H-pyrrole nitrogens is 1. The van der Waals surface area contributed by atoms with Crippen molar-refractivity contribution in [2.24, 2.45) is 0 Å². The van der Waals surface area contributed by atoms with Gasteiger partial charge in [0.2, 0.25) is 5.78 Å². The Labute approximate surface area is 78.5 Å². The summed E-state index contributed by atoms with van der Waals surface area (Å²) in [6, 6.07) is 1.25. The molecule has 2 aromatic heterocycles. The highest BCUT2D eigenvalue weighted by molar-refractivity contribution is 5.38. The fourth-order valence-electron chi connectivity index (χ4n) is 1.15. The molecule has 0 atom stereocenters. The molecule has 0 saturated carbocycles. The number of methoxy groups -OCH3 is 1. The van der Waals surface area contributed by atoms with Crippen LogP contribution >= 0.6 is 0 Å². The van der Waals surface area contributed by atoms with Gasteiger partial charge >= 0.3 is 0 Å². The van der Waals surface area contributed by atoms with Gasteiger partial charge in [0, 0.05) is 13.2 Å². The van der Waals surface area contributed by atoms with Crippen molar-refractivity contribution in [1.82, 2.24) is 19.6 Å². The molecule has 0 aromatic carbocycles. The van der Waals surface area contributed by atoms with Gasteiger partial charge < -0.3 is 10.5 Å². The van der Waals surface area contributed by atoms with Gasteiger partial charge in [0.15, 0.2) is 5.82 Å². The molecule has 7 nitrogen and oxygen atoms in total. The minimum atomic E-state index is -0.300. The first-order valence-electron chi connectivity index (χ1n) is 3.94. The number of nitrogens with two attached hydrogens (primary N) is 1. The van der Waals surface area contributed by atoms with Crippen LogP contribution in [-0.2, 0) is 11.3 Å². The van der Waals surface area contributed by atoms with Crippen molar-refractivity contribution < 1.29 is 4.74 Å². The van der Waals surface area contributed by atoms with Crippen LogP contribution in [0.1, 0.15) is 5.82 Å². The van der Waals surface area contributed by atoms with Gasteiger partial charge in [0.1, 0.15) is 12.4 Å². The molecule has 0 aliphatic carbocycles. The Morgan fingerprint density at radius 1 is 1.71 bits per heavy atom. The highest BCUT2D eigenvalue weighted by Crippen LogP contribution is 2.01. The molecule has 0 aliphatic rings. The molecule has 3 N–H and O–H groups in total. The lowest BCUT2D eigenvalue weighted by Gasteiger charge is -1.93. The van der Waals surface area contributed by atoms with Crippen LogP contribution in [0.2, 0.25) is 0 Å². The van der Waals surface area contributed by atoms with Crippen LogP contribution in [0, 0.1) is 0 Å². The van der Waals surface area contributed by atoms with E-state index < -0.39 is 0 Å². The molecule has 0 fully saturated rings. The van der Waals surface area contributed by atoms with E-state index in [9.17, 15) is 4.79 Å². The summed E-state index contributed by atoms with van der Waals surface area (Å²) in [5.74, 6) is 1.04. The Bertz CT molecular complexity index is 514. The summed E-state index contributed by atoms with van der Waals surface area (Å²) in [6.45, 7) is 0.281. The van der Waals surface area contributed by atoms with Gasteiger partial charge in [-0.25, -0.2) is 0 Å². The molecule has 0 unspecified atom stereocenters. The first-order chi connectivity index (χ1) is 6.70. The predicted octanol–water partition coefficient (Wildman–Crippen LogP) is -0.854. The number of aromatic nitrogens is 4. The van der Waals surface area contributed by atoms with E-state index in [-0.39, 0.29) is 18.0 Å². The lowest BCUT2D eigenvalue weighted by molar-refractivity contribution is 0.178. The monoisotopic (exact) mass is 195 g/mol. The number of nitrogen functional groups attached to an aromatic ring is 1. The molecular weight excluding hydrogens is 186 g/mol. The number of hydrogen-bond acceptors (Lipinski definition) is 5. The van der Waals surface area contributed by atoms with Crippen molar-refractivity contribution in [3.8, 4) is 0 Å². The Balaban J connectivity index is 2.64. The lowest BCUT2D eigenvalue weighted by atomic mass is 10.6. The van der Waals surface area contributed by atoms with E-state index in [4.69, 9.17) is 10.5 Å². The van der Waals surface area contributed by atoms with E-state index in [1.807, 2.05) is 0 Å². The third-order valence-corrected chi connectivity index (χ3v) is 1.68. The standard InChI is InChI=1S/C7H9N5O2/c1-14-3-5-9-7-10-6(13)2-4(8)12(7)11-5/h2H,3,8H2,1H3,(H,9,10,11,13). The number of ether oxygens (including phenoxy) is 1. The topological polar surface area (TPSA) is 98.3 Å². The number of anilines is 1. The highest BCUT2D eigenvalue weighted by atomic mass is 16.5. The van der Waals surface area contributed by atoms with E-state index >= 15 is 0 Å². The fourth-order valence-corrected chi connectivity index (χ4v) is 1.15. The van der Waals surface area contributed by atoms with Gasteiger partial charge in [-0.15, -0.1) is 5.10 Å². The Morgan fingerprint density at radius 3 is 3.21 bits per heavy atom. The predicted molar refractivity (Wildman–Crippen MR) is 48.7 cm³/mol. The third-order valence-electron chi connectivity index (χ3n) is 1.68. The number of rotatable bonds is 2. The SMILES string of the molecule is COCc1nc2[nH]c(=O)cc(N)n2n1. The average Bonchev–Trinajstić information content (AvgIpc) is 2.48. The number of fused-ring (bicyclic) bond motifs is 1. The number of nitrogens with one attached hydrogen (secondary N) is 1. The molecule has 2 aromatic rings.